The lowest BCUT2D eigenvalue weighted by molar-refractivity contribution is -0.139. The van der Waals surface area contributed by atoms with Crippen molar-refractivity contribution in [1.29, 1.82) is 0 Å². The van der Waals surface area contributed by atoms with Gasteiger partial charge in [0.1, 0.15) is 11.8 Å². The number of H-pyrrole nitrogens is 1. The Hall–Kier alpha value is -4.39. The van der Waals surface area contributed by atoms with E-state index in [1.807, 2.05) is 6.92 Å². The van der Waals surface area contributed by atoms with Crippen molar-refractivity contribution in [3.05, 3.63) is 52.1 Å². The second kappa shape index (κ2) is 13.1. The normalized spacial score (nSPS) is 11.7. The number of ether oxygens (including phenoxy) is 1. The van der Waals surface area contributed by atoms with Gasteiger partial charge in [0.2, 0.25) is 5.95 Å². The van der Waals surface area contributed by atoms with E-state index < -0.39 is 23.5 Å². The van der Waals surface area contributed by atoms with E-state index >= 15 is 0 Å². The van der Waals surface area contributed by atoms with Crippen molar-refractivity contribution in [3.63, 3.8) is 0 Å². The maximum absolute atomic E-state index is 12.6. The summed E-state index contributed by atoms with van der Waals surface area (Å²) in [6, 6.07) is 5.20. The molecule has 6 N–H and O–H groups in total. The third kappa shape index (κ3) is 8.07. The Bertz CT molecular complexity index is 1310. The fraction of sp³-hybridized carbons (Fsp3) is 0.375. The Morgan fingerprint density at radius 2 is 1.92 bits per heavy atom. The second-order valence-electron chi connectivity index (χ2n) is 8.16. The van der Waals surface area contributed by atoms with Gasteiger partial charge in [0.05, 0.1) is 18.4 Å². The van der Waals surface area contributed by atoms with Crippen LogP contribution in [-0.4, -0.2) is 62.0 Å². The molecule has 1 aromatic carbocycles. The van der Waals surface area contributed by atoms with Crippen LogP contribution in [0.4, 0.5) is 11.6 Å². The van der Waals surface area contributed by atoms with Gasteiger partial charge >= 0.3 is 5.97 Å². The number of nitrogens with two attached hydrogens (primary N) is 1. The number of nitrogens with zero attached hydrogens (tertiary/aromatic N) is 3. The van der Waals surface area contributed by atoms with E-state index in [4.69, 9.17) is 10.5 Å². The predicted molar refractivity (Wildman–Crippen MR) is 135 cm³/mol. The molecule has 0 unspecified atom stereocenters. The molecule has 0 fully saturated rings. The predicted octanol–water partition coefficient (Wildman–Crippen LogP) is 1.26. The summed E-state index contributed by atoms with van der Waals surface area (Å²) < 4.78 is 5.19. The lowest BCUT2D eigenvalue weighted by Gasteiger charge is -2.14. The number of carboxylic acid groups (broad SMARTS) is 1. The van der Waals surface area contributed by atoms with Gasteiger partial charge in [-0.1, -0.05) is 0 Å². The quantitative estimate of drug-likeness (QED) is 0.195. The van der Waals surface area contributed by atoms with Crippen LogP contribution >= 0.6 is 0 Å². The van der Waals surface area contributed by atoms with Crippen LogP contribution in [0.25, 0.3) is 11.2 Å². The van der Waals surface area contributed by atoms with Gasteiger partial charge in [-0.3, -0.25) is 19.4 Å². The fourth-order valence-electron chi connectivity index (χ4n) is 3.43. The summed E-state index contributed by atoms with van der Waals surface area (Å²) in [6.07, 6.45) is 2.42. The average Bonchev–Trinajstić information content (AvgIpc) is 2.88. The minimum atomic E-state index is -1.21. The van der Waals surface area contributed by atoms with Crippen molar-refractivity contribution in [1.82, 2.24) is 25.3 Å². The molecule has 1 amide bonds. The number of carbonyl (C=O) groups excluding carboxylic acids is 2. The standard InChI is InChI=1S/C24H29N7O6/c1-2-37-11-3-4-17(32)9-10-18(23(35)36)29-21(33)14-5-7-15(8-6-14)26-12-16-13-27-20-19(28-16)22(34)31-24(25)30-20/h5-8,13,18,26H,2-4,9-12H2,1H3,(H,29,33)(H,35,36)(H3,25,27,30,31,34)/t18-/m0/s1. The van der Waals surface area contributed by atoms with E-state index in [1.165, 1.54) is 6.20 Å². The highest BCUT2D eigenvalue weighted by Gasteiger charge is 2.21. The Kier molecular flexibility index (Phi) is 9.61. The number of hydrogen-bond acceptors (Lipinski definition) is 10. The van der Waals surface area contributed by atoms with E-state index in [9.17, 15) is 24.3 Å². The highest BCUT2D eigenvalue weighted by Crippen LogP contribution is 2.12. The molecule has 0 saturated carbocycles. The third-order valence-corrected chi connectivity index (χ3v) is 5.37. The van der Waals surface area contributed by atoms with Crippen LogP contribution in [0.3, 0.4) is 0 Å². The molecule has 0 saturated heterocycles. The third-order valence-electron chi connectivity index (χ3n) is 5.37. The Labute approximate surface area is 211 Å². The minimum Gasteiger partial charge on any atom is -0.480 e. The van der Waals surface area contributed by atoms with Gasteiger partial charge in [0.25, 0.3) is 11.5 Å². The minimum absolute atomic E-state index is 0.00587. The number of carbonyl (C=O) groups is 3. The number of amides is 1. The van der Waals surface area contributed by atoms with Crippen LogP contribution in [0.15, 0.2) is 35.3 Å². The highest BCUT2D eigenvalue weighted by molar-refractivity contribution is 5.97. The van der Waals surface area contributed by atoms with Crippen LogP contribution in [0.2, 0.25) is 0 Å². The van der Waals surface area contributed by atoms with Crippen molar-refractivity contribution < 1.29 is 24.2 Å². The average molecular weight is 512 g/mol. The Balaban J connectivity index is 1.52. The molecule has 1 atom stereocenters. The first-order valence-electron chi connectivity index (χ1n) is 11.7. The number of hydrogen-bond donors (Lipinski definition) is 5. The zero-order valence-corrected chi connectivity index (χ0v) is 20.3. The van der Waals surface area contributed by atoms with Crippen molar-refractivity contribution >= 4 is 40.5 Å². The van der Waals surface area contributed by atoms with E-state index in [0.29, 0.717) is 37.4 Å². The Morgan fingerprint density at radius 1 is 1.16 bits per heavy atom. The van der Waals surface area contributed by atoms with Gasteiger partial charge in [-0.25, -0.2) is 14.8 Å². The zero-order chi connectivity index (χ0) is 26.8. The zero-order valence-electron chi connectivity index (χ0n) is 20.3. The maximum atomic E-state index is 12.6. The molecule has 2 aromatic heterocycles. The molecular weight excluding hydrogens is 482 g/mol. The summed E-state index contributed by atoms with van der Waals surface area (Å²) in [5, 5.41) is 15.0. The summed E-state index contributed by atoms with van der Waals surface area (Å²) in [5.41, 5.74) is 6.64. The van der Waals surface area contributed by atoms with Crippen molar-refractivity contribution in [2.45, 2.75) is 45.2 Å². The van der Waals surface area contributed by atoms with Crippen LogP contribution in [-0.2, 0) is 20.9 Å². The van der Waals surface area contributed by atoms with Crippen molar-refractivity contribution in [2.75, 3.05) is 24.3 Å². The summed E-state index contributed by atoms with van der Waals surface area (Å²) in [7, 11) is 0. The van der Waals surface area contributed by atoms with E-state index in [0.717, 1.165) is 0 Å². The first kappa shape index (κ1) is 27.2. The molecule has 0 aliphatic carbocycles. The second-order valence-corrected chi connectivity index (χ2v) is 8.16. The van der Waals surface area contributed by atoms with Gasteiger partial charge in [-0.2, -0.15) is 4.98 Å². The van der Waals surface area contributed by atoms with Crippen LogP contribution in [0.1, 0.15) is 48.7 Å². The molecule has 0 aliphatic rings. The molecule has 3 aromatic rings. The number of aliphatic carboxylic acids is 1. The summed E-state index contributed by atoms with van der Waals surface area (Å²) in [4.78, 5) is 62.7. The van der Waals surface area contributed by atoms with E-state index in [-0.39, 0.29) is 47.8 Å². The Morgan fingerprint density at radius 3 is 2.62 bits per heavy atom. The van der Waals surface area contributed by atoms with Crippen LogP contribution in [0.5, 0.6) is 0 Å². The molecule has 13 heteroatoms. The van der Waals surface area contributed by atoms with Gasteiger partial charge in [0.15, 0.2) is 11.2 Å². The number of rotatable bonds is 14. The van der Waals surface area contributed by atoms with Gasteiger partial charge in [-0.05, 0) is 44.0 Å². The van der Waals surface area contributed by atoms with Gasteiger partial charge in [0, 0.05) is 37.3 Å². The number of fused-ring (bicyclic) bond motifs is 1. The molecule has 0 bridgehead atoms. The lowest BCUT2D eigenvalue weighted by atomic mass is 10.1. The molecule has 0 aliphatic heterocycles. The van der Waals surface area contributed by atoms with Crippen molar-refractivity contribution in [3.8, 4) is 0 Å². The number of Topliss-reactive ketones (excluding diaryl/α,β-unsaturated/α-hetero) is 1. The number of carboxylic acids is 1. The van der Waals surface area contributed by atoms with Gasteiger partial charge < -0.3 is 26.2 Å². The molecule has 196 valence electrons. The largest absolute Gasteiger partial charge is 0.480 e. The van der Waals surface area contributed by atoms with E-state index in [1.54, 1.807) is 24.3 Å². The highest BCUT2D eigenvalue weighted by atomic mass is 16.5. The van der Waals surface area contributed by atoms with Gasteiger partial charge in [-0.15, -0.1) is 0 Å². The number of anilines is 2. The first-order chi connectivity index (χ1) is 17.8. The number of nitrogen functional groups attached to an aromatic ring is 1. The van der Waals surface area contributed by atoms with Crippen molar-refractivity contribution in [2.24, 2.45) is 0 Å². The number of benzene rings is 1. The smallest absolute Gasteiger partial charge is 0.326 e. The lowest BCUT2D eigenvalue weighted by Crippen LogP contribution is -2.41. The topological polar surface area (TPSA) is 202 Å². The van der Waals surface area contributed by atoms with Crippen LogP contribution < -0.4 is 21.9 Å². The number of ketones is 1. The summed E-state index contributed by atoms with van der Waals surface area (Å²) in [5.74, 6) is -1.88. The van der Waals surface area contributed by atoms with E-state index in [2.05, 4.69) is 30.6 Å². The number of aromatic nitrogens is 4. The molecule has 0 spiro atoms. The summed E-state index contributed by atoms with van der Waals surface area (Å²) in [6.45, 7) is 3.17. The SMILES string of the molecule is CCOCCCC(=O)CC[C@H](NC(=O)c1ccc(NCc2cnc3nc(N)[nH]c(=O)c3n2)cc1)C(=O)O. The molecule has 13 nitrogen and oxygen atoms in total. The molecule has 37 heavy (non-hydrogen) atoms. The molecular formula is C24H29N7O6. The van der Waals surface area contributed by atoms with Crippen LogP contribution in [0, 0.1) is 0 Å². The molecule has 3 rings (SSSR count). The monoisotopic (exact) mass is 511 g/mol. The fourth-order valence-corrected chi connectivity index (χ4v) is 3.43. The first-order valence-corrected chi connectivity index (χ1v) is 11.7. The summed E-state index contributed by atoms with van der Waals surface area (Å²) >= 11 is 0. The molecule has 2 heterocycles. The number of nitrogens with one attached hydrogen (secondary N) is 3. The molecule has 0 radical (unpaired) electrons. The maximum Gasteiger partial charge on any atom is 0.326 e. The number of aromatic amines is 1.